The molecule has 0 saturated carbocycles. The van der Waals surface area contributed by atoms with Crippen molar-refractivity contribution in [2.45, 2.75) is 0 Å². The first-order valence-electron chi connectivity index (χ1n) is 4.20. The van der Waals surface area contributed by atoms with Crippen molar-refractivity contribution in [2.24, 2.45) is 0 Å². The Morgan fingerprint density at radius 1 is 1.44 bits per heavy atom. The fourth-order valence-electron chi connectivity index (χ4n) is 1.28. The molecule has 1 aromatic heterocycles. The molecule has 4 nitrogen and oxygen atoms in total. The number of benzene rings is 1. The molecule has 0 fully saturated rings. The van der Waals surface area contributed by atoms with E-state index in [1.807, 2.05) is 0 Å². The van der Waals surface area contributed by atoms with Crippen molar-refractivity contribution in [3.8, 4) is 5.69 Å². The second-order valence-electron chi connectivity index (χ2n) is 2.93. The maximum absolute atomic E-state index is 10.8. The molecule has 0 spiro atoms. The minimum Gasteiger partial charge on any atom is -0.477 e. The zero-order valence-electron chi connectivity index (χ0n) is 8.00. The monoisotopic (exact) mass is 258 g/mol. The number of carboxylic acids is 1. The quantitative estimate of drug-likeness (QED) is 0.901. The molecule has 0 amide bonds. The summed E-state index contributed by atoms with van der Waals surface area (Å²) in [5, 5.41) is 9.44. The van der Waals surface area contributed by atoms with Crippen LogP contribution in [0.25, 0.3) is 5.69 Å². The fourth-order valence-corrected chi connectivity index (χ4v) is 1.47. The van der Waals surface area contributed by atoms with Crippen LogP contribution < -0.4 is 0 Å². The van der Waals surface area contributed by atoms with Crippen LogP contribution in [0.5, 0.6) is 0 Å². The summed E-state index contributed by atoms with van der Waals surface area (Å²) in [4.78, 5) is 14.6. The summed E-state index contributed by atoms with van der Waals surface area (Å²) in [6.07, 6.45) is 2.73. The Balaban J connectivity index is 0.00000128. The molecule has 84 valence electrons. The minimum atomic E-state index is -1.02. The molecule has 1 heterocycles. The molecule has 0 aliphatic rings. The molecule has 16 heavy (non-hydrogen) atoms. The van der Waals surface area contributed by atoms with Crippen LogP contribution in [-0.4, -0.2) is 20.6 Å². The lowest BCUT2D eigenvalue weighted by molar-refractivity contribution is 0.0688. The highest BCUT2D eigenvalue weighted by atomic mass is 35.5. The molecule has 0 atom stereocenters. The number of imidazole rings is 1. The number of carbonyl (C=O) groups is 1. The van der Waals surface area contributed by atoms with E-state index in [2.05, 4.69) is 4.98 Å². The summed E-state index contributed by atoms with van der Waals surface area (Å²) < 4.78 is 1.47. The van der Waals surface area contributed by atoms with Crippen molar-refractivity contribution in [2.75, 3.05) is 0 Å². The molecule has 0 radical (unpaired) electrons. The lowest BCUT2D eigenvalue weighted by Gasteiger charge is -2.04. The first-order valence-corrected chi connectivity index (χ1v) is 4.58. The number of hydrogen-bond donors (Lipinski definition) is 1. The molecule has 1 aromatic carbocycles. The summed E-state index contributed by atoms with van der Waals surface area (Å²) in [5.41, 5.74) is 0.787. The van der Waals surface area contributed by atoms with Gasteiger partial charge in [0.2, 0.25) is 0 Å². The SMILES string of the molecule is Cl.O=C(O)c1cncn1-c1cccc(Cl)c1. The van der Waals surface area contributed by atoms with Crippen LogP contribution in [0.3, 0.4) is 0 Å². The highest BCUT2D eigenvalue weighted by Crippen LogP contribution is 2.16. The highest BCUT2D eigenvalue weighted by Gasteiger charge is 2.10. The third-order valence-corrected chi connectivity index (χ3v) is 2.18. The summed E-state index contributed by atoms with van der Waals surface area (Å²) in [5.74, 6) is -1.02. The number of rotatable bonds is 2. The van der Waals surface area contributed by atoms with Gasteiger partial charge in [-0.25, -0.2) is 9.78 Å². The molecule has 2 rings (SSSR count). The van der Waals surface area contributed by atoms with Gasteiger partial charge < -0.3 is 5.11 Å². The molecule has 0 aliphatic carbocycles. The normalized spacial score (nSPS) is 9.56. The molecule has 0 aliphatic heterocycles. The van der Waals surface area contributed by atoms with Crippen LogP contribution in [-0.2, 0) is 0 Å². The second-order valence-corrected chi connectivity index (χ2v) is 3.37. The van der Waals surface area contributed by atoms with Gasteiger partial charge in [0.05, 0.1) is 12.5 Å². The minimum absolute atomic E-state index is 0. The first kappa shape index (κ1) is 12.5. The number of carboxylic acid groups (broad SMARTS) is 1. The van der Waals surface area contributed by atoms with Crippen LogP contribution in [0.4, 0.5) is 0 Å². The van der Waals surface area contributed by atoms with Gasteiger partial charge in [-0.05, 0) is 18.2 Å². The van der Waals surface area contributed by atoms with Gasteiger partial charge >= 0.3 is 5.97 Å². The van der Waals surface area contributed by atoms with Crippen LogP contribution >= 0.6 is 24.0 Å². The van der Waals surface area contributed by atoms with Gasteiger partial charge in [0.25, 0.3) is 0 Å². The van der Waals surface area contributed by atoms with Gasteiger partial charge in [0.15, 0.2) is 5.69 Å². The van der Waals surface area contributed by atoms with Gasteiger partial charge in [0, 0.05) is 10.7 Å². The third-order valence-electron chi connectivity index (χ3n) is 1.94. The number of halogens is 2. The smallest absolute Gasteiger partial charge is 0.354 e. The lowest BCUT2D eigenvalue weighted by atomic mass is 10.3. The number of hydrogen-bond acceptors (Lipinski definition) is 2. The standard InChI is InChI=1S/C10H7ClN2O2.ClH/c11-7-2-1-3-8(4-7)13-6-12-5-9(13)10(14)15;/h1-6H,(H,14,15);1H. The van der Waals surface area contributed by atoms with Gasteiger partial charge in [-0.15, -0.1) is 12.4 Å². The Morgan fingerprint density at radius 2 is 2.19 bits per heavy atom. The topological polar surface area (TPSA) is 55.1 Å². The van der Waals surface area contributed by atoms with Crippen LogP contribution in [0, 0.1) is 0 Å². The molecule has 2 aromatic rings. The number of nitrogens with zero attached hydrogens (tertiary/aromatic N) is 2. The molecular formula is C10H8Cl2N2O2. The largest absolute Gasteiger partial charge is 0.477 e. The van der Waals surface area contributed by atoms with Gasteiger partial charge in [-0.3, -0.25) is 4.57 Å². The van der Waals surface area contributed by atoms with Crippen LogP contribution in [0.1, 0.15) is 10.5 Å². The van der Waals surface area contributed by atoms with E-state index in [0.29, 0.717) is 10.7 Å². The van der Waals surface area contributed by atoms with E-state index in [9.17, 15) is 4.79 Å². The zero-order valence-corrected chi connectivity index (χ0v) is 9.57. The summed E-state index contributed by atoms with van der Waals surface area (Å²) in [6, 6.07) is 6.92. The predicted molar refractivity (Wildman–Crippen MR) is 62.8 cm³/mol. The summed E-state index contributed by atoms with van der Waals surface area (Å²) in [7, 11) is 0. The van der Waals surface area contributed by atoms with Crippen molar-refractivity contribution in [3.05, 3.63) is 47.5 Å². The van der Waals surface area contributed by atoms with Crippen molar-refractivity contribution >= 4 is 30.0 Å². The van der Waals surface area contributed by atoms with Crippen molar-refractivity contribution in [1.29, 1.82) is 0 Å². The van der Waals surface area contributed by atoms with Gasteiger partial charge in [0.1, 0.15) is 0 Å². The van der Waals surface area contributed by atoms with E-state index < -0.39 is 5.97 Å². The van der Waals surface area contributed by atoms with Crippen LogP contribution in [0.15, 0.2) is 36.8 Å². The number of aromatic carboxylic acids is 1. The molecule has 0 saturated heterocycles. The van der Waals surface area contributed by atoms with E-state index in [-0.39, 0.29) is 18.1 Å². The van der Waals surface area contributed by atoms with E-state index in [4.69, 9.17) is 16.7 Å². The Kier molecular flexibility index (Phi) is 3.93. The first-order chi connectivity index (χ1) is 7.18. The van der Waals surface area contributed by atoms with E-state index in [1.54, 1.807) is 24.3 Å². The predicted octanol–water partition coefficient (Wildman–Crippen LogP) is 2.65. The van der Waals surface area contributed by atoms with Gasteiger partial charge in [-0.1, -0.05) is 17.7 Å². The maximum Gasteiger partial charge on any atom is 0.354 e. The average molecular weight is 259 g/mol. The molecule has 6 heteroatoms. The molecule has 0 unspecified atom stereocenters. The van der Waals surface area contributed by atoms with E-state index in [0.717, 1.165) is 0 Å². The maximum atomic E-state index is 10.8. The Morgan fingerprint density at radius 3 is 2.81 bits per heavy atom. The highest BCUT2D eigenvalue weighted by molar-refractivity contribution is 6.30. The average Bonchev–Trinajstić information content (AvgIpc) is 2.65. The van der Waals surface area contributed by atoms with E-state index >= 15 is 0 Å². The Hall–Kier alpha value is -1.52. The van der Waals surface area contributed by atoms with Crippen molar-refractivity contribution < 1.29 is 9.90 Å². The molecule has 1 N–H and O–H groups in total. The van der Waals surface area contributed by atoms with Crippen LogP contribution in [0.2, 0.25) is 5.02 Å². The van der Waals surface area contributed by atoms with Crippen molar-refractivity contribution in [3.63, 3.8) is 0 Å². The summed E-state index contributed by atoms with van der Waals surface area (Å²) in [6.45, 7) is 0. The number of aromatic nitrogens is 2. The second kappa shape index (κ2) is 5.01. The molecule has 0 bridgehead atoms. The molecular weight excluding hydrogens is 251 g/mol. The summed E-state index contributed by atoms with van der Waals surface area (Å²) >= 11 is 5.81. The van der Waals surface area contributed by atoms with Gasteiger partial charge in [-0.2, -0.15) is 0 Å². The Labute approximate surface area is 103 Å². The van der Waals surface area contributed by atoms with E-state index in [1.165, 1.54) is 17.1 Å². The lowest BCUT2D eigenvalue weighted by Crippen LogP contribution is -2.05. The third kappa shape index (κ3) is 2.35. The van der Waals surface area contributed by atoms with Crippen molar-refractivity contribution in [1.82, 2.24) is 9.55 Å². The zero-order chi connectivity index (χ0) is 10.8. The Bertz CT molecular complexity index is 511. The fraction of sp³-hybridized carbons (Fsp3) is 0.